The monoisotopic (exact) mass is 354 g/mol. The minimum atomic E-state index is -0.548. The van der Waals surface area contributed by atoms with Crippen molar-refractivity contribution in [1.82, 2.24) is 4.90 Å². The first kappa shape index (κ1) is 18.4. The normalized spacial score (nSPS) is 18.0. The van der Waals surface area contributed by atoms with Crippen LogP contribution in [0.1, 0.15) is 33.6 Å². The molecule has 2 rings (SSSR count). The van der Waals surface area contributed by atoms with Gasteiger partial charge in [0, 0.05) is 17.3 Å². The van der Waals surface area contributed by atoms with Crippen LogP contribution in [-0.2, 0) is 9.47 Å². The molecule has 6 nitrogen and oxygen atoms in total. The molecule has 1 aliphatic rings. The van der Waals surface area contributed by atoms with Gasteiger partial charge in [0.25, 0.3) is 0 Å². The maximum absolute atomic E-state index is 12.1. The molecule has 0 unspecified atom stereocenters. The molecule has 1 heterocycles. The first-order chi connectivity index (χ1) is 11.2. The molecule has 132 valence electrons. The lowest BCUT2D eigenvalue weighted by Crippen LogP contribution is -2.46. The Hall–Kier alpha value is -1.95. The number of nitrogens with zero attached hydrogens (tertiary/aromatic N) is 1. The molecule has 0 radical (unpaired) electrons. The highest BCUT2D eigenvalue weighted by Crippen LogP contribution is 2.18. The van der Waals surface area contributed by atoms with Crippen LogP contribution in [0.5, 0.6) is 0 Å². The molecule has 1 fully saturated rings. The minimum Gasteiger partial charge on any atom is -0.444 e. The number of carbonyl (C=O) groups is 2. The van der Waals surface area contributed by atoms with Crippen LogP contribution in [0.2, 0.25) is 5.02 Å². The highest BCUT2D eigenvalue weighted by Gasteiger charge is 2.29. The van der Waals surface area contributed by atoms with Crippen molar-refractivity contribution in [3.63, 3.8) is 0 Å². The van der Waals surface area contributed by atoms with Gasteiger partial charge >= 0.3 is 12.2 Å². The number of anilines is 1. The summed E-state index contributed by atoms with van der Waals surface area (Å²) in [5, 5.41) is 3.24. The molecule has 0 spiro atoms. The Balaban J connectivity index is 1.84. The largest absolute Gasteiger partial charge is 0.444 e. The SMILES string of the molecule is CC(C)(C)OC(=O)N1CCC[C@H](OC(=O)Nc2ccc(Cl)cc2)C1. The van der Waals surface area contributed by atoms with Crippen LogP contribution in [0.25, 0.3) is 0 Å². The fourth-order valence-electron chi connectivity index (χ4n) is 2.36. The zero-order valence-electron chi connectivity index (χ0n) is 14.2. The third kappa shape index (κ3) is 5.92. The van der Waals surface area contributed by atoms with Gasteiger partial charge in [0.15, 0.2) is 0 Å². The van der Waals surface area contributed by atoms with Crippen LogP contribution in [0.3, 0.4) is 0 Å². The molecule has 0 aromatic heterocycles. The summed E-state index contributed by atoms with van der Waals surface area (Å²) in [6.45, 7) is 6.41. The molecule has 1 aromatic rings. The maximum atomic E-state index is 12.1. The number of likely N-dealkylation sites (tertiary alicyclic amines) is 1. The molecule has 1 aromatic carbocycles. The molecule has 24 heavy (non-hydrogen) atoms. The van der Waals surface area contributed by atoms with E-state index in [2.05, 4.69) is 5.32 Å². The summed E-state index contributed by atoms with van der Waals surface area (Å²) in [6, 6.07) is 6.75. The number of piperidine rings is 1. The number of halogens is 1. The number of amides is 2. The van der Waals surface area contributed by atoms with Crippen LogP contribution in [0.15, 0.2) is 24.3 Å². The van der Waals surface area contributed by atoms with E-state index >= 15 is 0 Å². The van der Waals surface area contributed by atoms with E-state index in [1.54, 1.807) is 29.2 Å². The van der Waals surface area contributed by atoms with Crippen molar-refractivity contribution in [3.8, 4) is 0 Å². The molecular formula is C17H23ClN2O4. The van der Waals surface area contributed by atoms with E-state index in [-0.39, 0.29) is 12.2 Å². The van der Waals surface area contributed by atoms with E-state index in [1.807, 2.05) is 20.8 Å². The molecule has 1 saturated heterocycles. The van der Waals surface area contributed by atoms with Gasteiger partial charge in [-0.05, 0) is 57.9 Å². The van der Waals surface area contributed by atoms with Crippen LogP contribution in [0.4, 0.5) is 15.3 Å². The third-order valence-corrected chi connectivity index (χ3v) is 3.65. The van der Waals surface area contributed by atoms with Gasteiger partial charge in [-0.25, -0.2) is 9.59 Å². The molecule has 1 aliphatic heterocycles. The highest BCUT2D eigenvalue weighted by atomic mass is 35.5. The van der Waals surface area contributed by atoms with Crippen LogP contribution < -0.4 is 5.32 Å². The van der Waals surface area contributed by atoms with Crippen molar-refractivity contribution in [2.75, 3.05) is 18.4 Å². The third-order valence-electron chi connectivity index (χ3n) is 3.39. The number of hydrogen-bond donors (Lipinski definition) is 1. The van der Waals surface area contributed by atoms with Gasteiger partial charge in [-0.15, -0.1) is 0 Å². The second-order valence-corrected chi connectivity index (χ2v) is 7.16. The Morgan fingerprint density at radius 3 is 2.54 bits per heavy atom. The lowest BCUT2D eigenvalue weighted by atomic mass is 10.1. The standard InChI is InChI=1S/C17H23ClN2O4/c1-17(2,3)24-16(22)20-10-4-5-14(11-20)23-15(21)19-13-8-6-12(18)7-9-13/h6-9,14H,4-5,10-11H2,1-3H3,(H,19,21)/t14-/m0/s1. The predicted molar refractivity (Wildman–Crippen MR) is 92.4 cm³/mol. The summed E-state index contributed by atoms with van der Waals surface area (Å²) in [5.74, 6) is 0. The van der Waals surface area contributed by atoms with Gasteiger partial charge in [0.05, 0.1) is 6.54 Å². The van der Waals surface area contributed by atoms with E-state index in [4.69, 9.17) is 21.1 Å². The van der Waals surface area contributed by atoms with Gasteiger partial charge in [0.2, 0.25) is 0 Å². The smallest absolute Gasteiger partial charge is 0.411 e. The van der Waals surface area contributed by atoms with Crippen LogP contribution >= 0.6 is 11.6 Å². The van der Waals surface area contributed by atoms with Crippen molar-refractivity contribution in [2.45, 2.75) is 45.3 Å². The second-order valence-electron chi connectivity index (χ2n) is 6.73. The summed E-state index contributed by atoms with van der Waals surface area (Å²) >= 11 is 5.80. The van der Waals surface area contributed by atoms with Crippen molar-refractivity contribution >= 4 is 29.5 Å². The Kier molecular flexibility index (Phi) is 5.94. The molecule has 0 saturated carbocycles. The molecule has 2 amide bonds. The second kappa shape index (κ2) is 7.75. The summed E-state index contributed by atoms with van der Waals surface area (Å²) in [6.07, 6.45) is 0.201. The Labute approximate surface area is 147 Å². The Morgan fingerprint density at radius 1 is 1.25 bits per heavy atom. The van der Waals surface area contributed by atoms with Crippen molar-refractivity contribution in [2.24, 2.45) is 0 Å². The van der Waals surface area contributed by atoms with Gasteiger partial charge in [-0.3, -0.25) is 5.32 Å². The molecule has 0 aliphatic carbocycles. The van der Waals surface area contributed by atoms with Gasteiger partial charge in [-0.1, -0.05) is 11.6 Å². The van der Waals surface area contributed by atoms with Crippen molar-refractivity contribution in [3.05, 3.63) is 29.3 Å². The number of hydrogen-bond acceptors (Lipinski definition) is 4. The van der Waals surface area contributed by atoms with Crippen molar-refractivity contribution < 1.29 is 19.1 Å². The minimum absolute atomic E-state index is 0.336. The van der Waals surface area contributed by atoms with E-state index in [0.29, 0.717) is 30.2 Å². The van der Waals surface area contributed by atoms with Crippen LogP contribution in [0, 0.1) is 0 Å². The average molecular weight is 355 g/mol. The van der Waals surface area contributed by atoms with Crippen LogP contribution in [-0.4, -0.2) is 41.9 Å². The number of carbonyl (C=O) groups excluding carboxylic acids is 2. The average Bonchev–Trinajstić information content (AvgIpc) is 2.48. The number of benzene rings is 1. The highest BCUT2D eigenvalue weighted by molar-refractivity contribution is 6.30. The Bertz CT molecular complexity index is 583. The topological polar surface area (TPSA) is 67.9 Å². The van der Waals surface area contributed by atoms with Gasteiger partial charge < -0.3 is 14.4 Å². The predicted octanol–water partition coefficient (Wildman–Crippen LogP) is 4.29. The first-order valence-electron chi connectivity index (χ1n) is 7.94. The van der Waals surface area contributed by atoms with Gasteiger partial charge in [-0.2, -0.15) is 0 Å². The van der Waals surface area contributed by atoms with E-state index in [0.717, 1.165) is 6.42 Å². The molecule has 7 heteroatoms. The fraction of sp³-hybridized carbons (Fsp3) is 0.529. The summed E-state index contributed by atoms with van der Waals surface area (Å²) < 4.78 is 10.8. The molecule has 1 N–H and O–H groups in total. The van der Waals surface area contributed by atoms with Gasteiger partial charge in [0.1, 0.15) is 11.7 Å². The lowest BCUT2D eigenvalue weighted by Gasteiger charge is -2.33. The van der Waals surface area contributed by atoms with E-state index in [9.17, 15) is 9.59 Å². The number of rotatable bonds is 2. The number of ether oxygens (including phenoxy) is 2. The summed E-state index contributed by atoms with van der Waals surface area (Å²) in [5.41, 5.74) is 0.0563. The lowest BCUT2D eigenvalue weighted by molar-refractivity contribution is 0.000873. The van der Waals surface area contributed by atoms with E-state index < -0.39 is 11.7 Å². The zero-order valence-corrected chi connectivity index (χ0v) is 14.9. The molecule has 0 bridgehead atoms. The quantitative estimate of drug-likeness (QED) is 0.860. The zero-order chi connectivity index (χ0) is 17.7. The Morgan fingerprint density at radius 2 is 1.92 bits per heavy atom. The summed E-state index contributed by atoms with van der Waals surface area (Å²) in [7, 11) is 0. The number of nitrogens with one attached hydrogen (secondary N) is 1. The molecular weight excluding hydrogens is 332 g/mol. The maximum Gasteiger partial charge on any atom is 0.411 e. The van der Waals surface area contributed by atoms with E-state index in [1.165, 1.54) is 0 Å². The fourth-order valence-corrected chi connectivity index (χ4v) is 2.48. The van der Waals surface area contributed by atoms with Crippen molar-refractivity contribution in [1.29, 1.82) is 0 Å². The molecule has 1 atom stereocenters. The first-order valence-corrected chi connectivity index (χ1v) is 8.32. The summed E-state index contributed by atoms with van der Waals surface area (Å²) in [4.78, 5) is 25.7.